The summed E-state index contributed by atoms with van der Waals surface area (Å²) in [6.45, 7) is 4.28. The highest BCUT2D eigenvalue weighted by atomic mass is 16.2. The zero-order valence-electron chi connectivity index (χ0n) is 8.45. The van der Waals surface area contributed by atoms with Crippen molar-refractivity contribution in [2.24, 2.45) is 11.7 Å². The first-order chi connectivity index (χ1) is 6.61. The fraction of sp³-hybridized carbons (Fsp3) is 0.556. The van der Waals surface area contributed by atoms with Crippen LogP contribution >= 0.6 is 0 Å². The third-order valence-electron chi connectivity index (χ3n) is 2.03. The third kappa shape index (κ3) is 2.85. The maximum Gasteiger partial charge on any atom is 0.237 e. The molecule has 5 nitrogen and oxygen atoms in total. The highest BCUT2D eigenvalue weighted by molar-refractivity contribution is 5.81. The van der Waals surface area contributed by atoms with Gasteiger partial charge in [0.25, 0.3) is 0 Å². The lowest BCUT2D eigenvalue weighted by atomic mass is 10.1. The van der Waals surface area contributed by atoms with E-state index in [9.17, 15) is 4.79 Å². The van der Waals surface area contributed by atoms with Crippen molar-refractivity contribution in [2.45, 2.75) is 26.4 Å². The highest BCUT2D eigenvalue weighted by Gasteiger charge is 2.16. The summed E-state index contributed by atoms with van der Waals surface area (Å²) in [6, 6.07) is 1.36. The molecule has 1 rings (SSSR count). The van der Waals surface area contributed by atoms with E-state index >= 15 is 0 Å². The molecule has 0 aliphatic rings. The molecule has 1 aromatic heterocycles. The molecule has 0 aliphatic heterocycles. The normalized spacial score (nSPS) is 12.9. The van der Waals surface area contributed by atoms with Crippen LogP contribution in [0, 0.1) is 5.92 Å². The first kappa shape index (κ1) is 10.7. The number of nitrogens with two attached hydrogens (primary N) is 1. The molecular formula is C9H16N4O. The number of rotatable bonds is 4. The summed E-state index contributed by atoms with van der Waals surface area (Å²) in [5.41, 5.74) is 6.53. The lowest BCUT2D eigenvalue weighted by Gasteiger charge is -2.14. The summed E-state index contributed by atoms with van der Waals surface area (Å²) in [4.78, 5) is 11.4. The second-order valence-corrected chi connectivity index (χ2v) is 3.57. The van der Waals surface area contributed by atoms with Gasteiger partial charge in [0.15, 0.2) is 0 Å². The van der Waals surface area contributed by atoms with Crippen molar-refractivity contribution >= 4 is 5.91 Å². The first-order valence-electron chi connectivity index (χ1n) is 4.63. The van der Waals surface area contributed by atoms with Crippen molar-refractivity contribution in [2.75, 3.05) is 0 Å². The molecule has 0 fully saturated rings. The second-order valence-electron chi connectivity index (χ2n) is 3.57. The van der Waals surface area contributed by atoms with E-state index in [0.29, 0.717) is 6.54 Å². The highest BCUT2D eigenvalue weighted by Crippen LogP contribution is 1.98. The Morgan fingerprint density at radius 2 is 2.43 bits per heavy atom. The smallest absolute Gasteiger partial charge is 0.237 e. The van der Waals surface area contributed by atoms with E-state index in [-0.39, 0.29) is 11.8 Å². The van der Waals surface area contributed by atoms with Gasteiger partial charge in [-0.15, -0.1) is 0 Å². The van der Waals surface area contributed by atoms with Gasteiger partial charge in [-0.2, -0.15) is 5.10 Å². The van der Waals surface area contributed by atoms with Gasteiger partial charge in [0.05, 0.1) is 18.3 Å². The summed E-state index contributed by atoms with van der Waals surface area (Å²) < 4.78 is 0. The maximum absolute atomic E-state index is 11.4. The van der Waals surface area contributed by atoms with Crippen LogP contribution in [0.1, 0.15) is 19.5 Å². The number of carbonyl (C=O) groups excluding carboxylic acids is 1. The molecular weight excluding hydrogens is 180 g/mol. The van der Waals surface area contributed by atoms with Gasteiger partial charge < -0.3 is 11.1 Å². The van der Waals surface area contributed by atoms with Gasteiger partial charge >= 0.3 is 0 Å². The van der Waals surface area contributed by atoms with Crippen LogP contribution in [0.25, 0.3) is 0 Å². The molecule has 0 saturated carbocycles. The average molecular weight is 196 g/mol. The molecule has 0 saturated heterocycles. The number of aromatic amines is 1. The van der Waals surface area contributed by atoms with Crippen LogP contribution in [0.15, 0.2) is 12.3 Å². The molecule has 0 bridgehead atoms. The topological polar surface area (TPSA) is 83.8 Å². The predicted molar refractivity (Wildman–Crippen MR) is 53.2 cm³/mol. The van der Waals surface area contributed by atoms with Gasteiger partial charge in [0.1, 0.15) is 0 Å². The van der Waals surface area contributed by atoms with Crippen molar-refractivity contribution in [3.8, 4) is 0 Å². The SMILES string of the molecule is CC(C)[C@H](N)C(=O)NCc1ccn[nH]1. The molecule has 0 radical (unpaired) electrons. The van der Waals surface area contributed by atoms with Gasteiger partial charge in [-0.25, -0.2) is 0 Å². The number of amides is 1. The zero-order valence-corrected chi connectivity index (χ0v) is 8.45. The molecule has 5 heteroatoms. The van der Waals surface area contributed by atoms with Crippen LogP contribution in [0.4, 0.5) is 0 Å². The summed E-state index contributed by atoms with van der Waals surface area (Å²) in [7, 11) is 0. The number of nitrogens with zero attached hydrogens (tertiary/aromatic N) is 1. The molecule has 1 aromatic rings. The molecule has 0 aliphatic carbocycles. The number of nitrogens with one attached hydrogen (secondary N) is 2. The van der Waals surface area contributed by atoms with Crippen LogP contribution in [0.2, 0.25) is 0 Å². The molecule has 0 unspecified atom stereocenters. The first-order valence-corrected chi connectivity index (χ1v) is 4.63. The van der Waals surface area contributed by atoms with E-state index < -0.39 is 6.04 Å². The molecule has 78 valence electrons. The summed E-state index contributed by atoms with van der Waals surface area (Å²) in [5.74, 6) is 0.0198. The molecule has 1 atom stereocenters. The van der Waals surface area contributed by atoms with Gasteiger partial charge in [-0.3, -0.25) is 9.89 Å². The lowest BCUT2D eigenvalue weighted by molar-refractivity contribution is -0.123. The minimum absolute atomic E-state index is 0.130. The minimum atomic E-state index is -0.446. The van der Waals surface area contributed by atoms with Crippen LogP contribution in [-0.4, -0.2) is 22.1 Å². The Kier molecular flexibility index (Phi) is 3.64. The van der Waals surface area contributed by atoms with Gasteiger partial charge in [0.2, 0.25) is 5.91 Å². The van der Waals surface area contributed by atoms with Gasteiger partial charge in [0, 0.05) is 6.20 Å². The van der Waals surface area contributed by atoms with Crippen molar-refractivity contribution in [1.29, 1.82) is 0 Å². The van der Waals surface area contributed by atoms with Crippen LogP contribution in [0.5, 0.6) is 0 Å². The van der Waals surface area contributed by atoms with Crippen LogP contribution < -0.4 is 11.1 Å². The van der Waals surface area contributed by atoms with Crippen molar-refractivity contribution < 1.29 is 4.79 Å². The van der Waals surface area contributed by atoms with E-state index in [4.69, 9.17) is 5.73 Å². The van der Waals surface area contributed by atoms with Crippen molar-refractivity contribution in [3.05, 3.63) is 18.0 Å². The van der Waals surface area contributed by atoms with Crippen molar-refractivity contribution in [3.63, 3.8) is 0 Å². The molecule has 4 N–H and O–H groups in total. The van der Waals surface area contributed by atoms with E-state index in [1.807, 2.05) is 13.8 Å². The quantitative estimate of drug-likeness (QED) is 0.634. The fourth-order valence-corrected chi connectivity index (χ4v) is 0.986. The number of aromatic nitrogens is 2. The molecule has 1 amide bonds. The van der Waals surface area contributed by atoms with E-state index in [0.717, 1.165) is 5.69 Å². The maximum atomic E-state index is 11.4. The molecule has 14 heavy (non-hydrogen) atoms. The summed E-state index contributed by atoms with van der Waals surface area (Å²) in [5, 5.41) is 9.26. The molecule has 0 aromatic carbocycles. The van der Waals surface area contributed by atoms with E-state index in [2.05, 4.69) is 15.5 Å². The largest absolute Gasteiger partial charge is 0.349 e. The Morgan fingerprint density at radius 3 is 2.93 bits per heavy atom. The van der Waals surface area contributed by atoms with Crippen molar-refractivity contribution in [1.82, 2.24) is 15.5 Å². The number of hydrogen-bond acceptors (Lipinski definition) is 3. The fourth-order valence-electron chi connectivity index (χ4n) is 0.986. The van der Waals surface area contributed by atoms with Crippen LogP contribution in [0.3, 0.4) is 0 Å². The summed E-state index contributed by atoms with van der Waals surface area (Å²) in [6.07, 6.45) is 1.64. The Bertz CT molecular complexity index is 281. The molecule has 0 spiro atoms. The average Bonchev–Trinajstić information content (AvgIpc) is 2.65. The Hall–Kier alpha value is -1.36. The summed E-state index contributed by atoms with van der Waals surface area (Å²) >= 11 is 0. The van der Waals surface area contributed by atoms with Crippen LogP contribution in [-0.2, 0) is 11.3 Å². The number of hydrogen-bond donors (Lipinski definition) is 3. The second kappa shape index (κ2) is 4.76. The zero-order chi connectivity index (χ0) is 10.6. The Labute approximate surface area is 83.1 Å². The number of H-pyrrole nitrogens is 1. The lowest BCUT2D eigenvalue weighted by Crippen LogP contribution is -2.43. The van der Waals surface area contributed by atoms with E-state index in [1.165, 1.54) is 0 Å². The van der Waals surface area contributed by atoms with E-state index in [1.54, 1.807) is 12.3 Å². The van der Waals surface area contributed by atoms with Gasteiger partial charge in [-0.05, 0) is 12.0 Å². The standard InChI is InChI=1S/C9H16N4O/c1-6(2)8(10)9(14)11-5-7-3-4-12-13-7/h3-4,6,8H,5,10H2,1-2H3,(H,11,14)(H,12,13)/t8-/m0/s1. The third-order valence-corrected chi connectivity index (χ3v) is 2.03. The number of carbonyl (C=O) groups is 1. The Morgan fingerprint density at radius 1 is 1.71 bits per heavy atom. The predicted octanol–water partition coefficient (Wildman–Crippen LogP) is 0.00920. The van der Waals surface area contributed by atoms with Gasteiger partial charge in [-0.1, -0.05) is 13.8 Å². The minimum Gasteiger partial charge on any atom is -0.349 e. The monoisotopic (exact) mass is 196 g/mol. The Balaban J connectivity index is 2.35. The molecule has 1 heterocycles.